The van der Waals surface area contributed by atoms with E-state index in [9.17, 15) is 8.42 Å². The Bertz CT molecular complexity index is 757. The summed E-state index contributed by atoms with van der Waals surface area (Å²) in [5.41, 5.74) is 6.44. The first-order valence-corrected chi connectivity index (χ1v) is 8.60. The highest BCUT2D eigenvalue weighted by Crippen LogP contribution is 2.36. The van der Waals surface area contributed by atoms with Crippen LogP contribution >= 0.6 is 0 Å². The molecule has 1 aliphatic rings. The van der Waals surface area contributed by atoms with Gasteiger partial charge in [0.05, 0.1) is 16.6 Å². The van der Waals surface area contributed by atoms with Crippen molar-refractivity contribution in [1.29, 1.82) is 0 Å². The van der Waals surface area contributed by atoms with Gasteiger partial charge in [-0.05, 0) is 31.9 Å². The third-order valence-corrected chi connectivity index (χ3v) is 5.69. The molecule has 2 heterocycles. The van der Waals surface area contributed by atoms with Gasteiger partial charge in [-0.1, -0.05) is 18.2 Å². The number of hydrogen-bond donors (Lipinski definition) is 1. The van der Waals surface area contributed by atoms with E-state index in [4.69, 9.17) is 5.73 Å². The molecule has 0 unspecified atom stereocenters. The molecule has 0 bridgehead atoms. The molecule has 1 fully saturated rings. The predicted octanol–water partition coefficient (Wildman–Crippen LogP) is 1.89. The van der Waals surface area contributed by atoms with Crippen LogP contribution in [0.15, 0.2) is 41.3 Å². The lowest BCUT2D eigenvalue weighted by Gasteiger charge is -2.24. The first kappa shape index (κ1) is 14.9. The van der Waals surface area contributed by atoms with Gasteiger partial charge in [0.2, 0.25) is 10.0 Å². The summed E-state index contributed by atoms with van der Waals surface area (Å²) >= 11 is 0. The summed E-state index contributed by atoms with van der Waals surface area (Å²) in [6, 6.07) is 9.87. The van der Waals surface area contributed by atoms with Crippen LogP contribution in [-0.4, -0.2) is 29.2 Å². The highest BCUT2D eigenvalue weighted by atomic mass is 32.2. The van der Waals surface area contributed by atoms with Gasteiger partial charge in [0, 0.05) is 12.6 Å². The summed E-state index contributed by atoms with van der Waals surface area (Å²) in [4.78, 5) is 8.73. The standard InChI is InChI=1S/C15H18N4O2S/c1-11-17-13(10-15(16)18-11)14-8-5-9-19(14)22(20,21)12-6-3-2-4-7-12/h2-4,6-7,10,14H,5,8-9H2,1H3,(H2,16,17,18)/t14-/m1/s1. The second-order valence-corrected chi connectivity index (χ2v) is 7.24. The molecule has 0 amide bonds. The van der Waals surface area contributed by atoms with Gasteiger partial charge in [0.15, 0.2) is 0 Å². The van der Waals surface area contributed by atoms with Gasteiger partial charge in [0.1, 0.15) is 11.6 Å². The van der Waals surface area contributed by atoms with Crippen LogP contribution in [0.2, 0.25) is 0 Å². The second kappa shape index (κ2) is 5.66. The fourth-order valence-electron chi connectivity index (χ4n) is 2.84. The number of aryl methyl sites for hydroxylation is 1. The van der Waals surface area contributed by atoms with E-state index >= 15 is 0 Å². The van der Waals surface area contributed by atoms with Gasteiger partial charge < -0.3 is 5.73 Å². The number of aromatic nitrogens is 2. The van der Waals surface area contributed by atoms with Crippen molar-refractivity contribution in [1.82, 2.24) is 14.3 Å². The van der Waals surface area contributed by atoms with Crippen LogP contribution in [0.5, 0.6) is 0 Å². The molecule has 6 nitrogen and oxygen atoms in total. The Hall–Kier alpha value is -1.99. The van der Waals surface area contributed by atoms with Crippen molar-refractivity contribution in [3.8, 4) is 0 Å². The Morgan fingerprint density at radius 3 is 2.64 bits per heavy atom. The number of benzene rings is 1. The molecule has 2 aromatic rings. The molecule has 0 spiro atoms. The van der Waals surface area contributed by atoms with Crippen LogP contribution in [0.3, 0.4) is 0 Å². The molecule has 7 heteroatoms. The van der Waals surface area contributed by atoms with E-state index in [0.717, 1.165) is 12.8 Å². The number of nitrogens with zero attached hydrogens (tertiary/aromatic N) is 3. The lowest BCUT2D eigenvalue weighted by atomic mass is 10.1. The van der Waals surface area contributed by atoms with Gasteiger partial charge in [0.25, 0.3) is 0 Å². The summed E-state index contributed by atoms with van der Waals surface area (Å²) in [6.45, 7) is 2.25. The zero-order valence-corrected chi connectivity index (χ0v) is 13.1. The lowest BCUT2D eigenvalue weighted by molar-refractivity contribution is 0.389. The van der Waals surface area contributed by atoms with Crippen molar-refractivity contribution in [3.05, 3.63) is 47.9 Å². The van der Waals surface area contributed by atoms with Crippen LogP contribution in [0, 0.1) is 6.92 Å². The van der Waals surface area contributed by atoms with E-state index < -0.39 is 10.0 Å². The van der Waals surface area contributed by atoms with Crippen molar-refractivity contribution < 1.29 is 8.42 Å². The summed E-state index contributed by atoms with van der Waals surface area (Å²) in [6.07, 6.45) is 1.54. The Kier molecular flexibility index (Phi) is 3.84. The minimum atomic E-state index is -3.53. The second-order valence-electron chi connectivity index (χ2n) is 5.35. The minimum Gasteiger partial charge on any atom is -0.384 e. The van der Waals surface area contributed by atoms with Gasteiger partial charge in [-0.25, -0.2) is 18.4 Å². The molecular weight excluding hydrogens is 300 g/mol. The number of anilines is 1. The van der Waals surface area contributed by atoms with Crippen LogP contribution in [0.1, 0.15) is 30.4 Å². The largest absolute Gasteiger partial charge is 0.384 e. The van der Waals surface area contributed by atoms with Crippen LogP contribution in [0.4, 0.5) is 5.82 Å². The molecule has 1 saturated heterocycles. The van der Waals surface area contributed by atoms with Crippen molar-refractivity contribution in [3.63, 3.8) is 0 Å². The van der Waals surface area contributed by atoms with E-state index in [1.54, 1.807) is 43.3 Å². The highest BCUT2D eigenvalue weighted by Gasteiger charge is 2.37. The Morgan fingerprint density at radius 2 is 1.95 bits per heavy atom. The molecule has 0 saturated carbocycles. The Morgan fingerprint density at radius 1 is 1.23 bits per heavy atom. The van der Waals surface area contributed by atoms with Gasteiger partial charge >= 0.3 is 0 Å². The highest BCUT2D eigenvalue weighted by molar-refractivity contribution is 7.89. The van der Waals surface area contributed by atoms with E-state index in [1.807, 2.05) is 0 Å². The number of nitrogens with two attached hydrogens (primary N) is 1. The summed E-state index contributed by atoms with van der Waals surface area (Å²) in [5, 5.41) is 0. The number of rotatable bonds is 3. The van der Waals surface area contributed by atoms with Crippen LogP contribution in [-0.2, 0) is 10.0 Å². The first-order chi connectivity index (χ1) is 10.5. The van der Waals surface area contributed by atoms with Crippen molar-refractivity contribution in [2.24, 2.45) is 0 Å². The molecule has 22 heavy (non-hydrogen) atoms. The van der Waals surface area contributed by atoms with E-state index in [1.165, 1.54) is 4.31 Å². The van der Waals surface area contributed by atoms with Gasteiger partial charge in [-0.2, -0.15) is 4.31 Å². The van der Waals surface area contributed by atoms with E-state index in [0.29, 0.717) is 28.8 Å². The third-order valence-electron chi connectivity index (χ3n) is 3.77. The maximum atomic E-state index is 12.8. The Balaban J connectivity index is 2.00. The van der Waals surface area contributed by atoms with Crippen molar-refractivity contribution in [2.75, 3.05) is 12.3 Å². The normalized spacial score (nSPS) is 19.4. The number of sulfonamides is 1. The molecule has 1 aromatic carbocycles. The smallest absolute Gasteiger partial charge is 0.243 e. The monoisotopic (exact) mass is 318 g/mol. The molecule has 0 aliphatic carbocycles. The van der Waals surface area contributed by atoms with Crippen LogP contribution in [0.25, 0.3) is 0 Å². The van der Waals surface area contributed by atoms with E-state index in [2.05, 4.69) is 9.97 Å². The maximum absolute atomic E-state index is 12.8. The fraction of sp³-hybridized carbons (Fsp3) is 0.333. The van der Waals surface area contributed by atoms with Crippen molar-refractivity contribution in [2.45, 2.75) is 30.7 Å². The SMILES string of the molecule is Cc1nc(N)cc([C@H]2CCCN2S(=O)(=O)c2ccccc2)n1. The summed E-state index contributed by atoms with van der Waals surface area (Å²) in [5.74, 6) is 0.922. The topological polar surface area (TPSA) is 89.2 Å². The van der Waals surface area contributed by atoms with Crippen molar-refractivity contribution >= 4 is 15.8 Å². The Labute approximate surface area is 130 Å². The average Bonchev–Trinajstić information content (AvgIpc) is 2.97. The molecule has 1 aliphatic heterocycles. The molecule has 1 atom stereocenters. The molecular formula is C15H18N4O2S. The zero-order valence-electron chi connectivity index (χ0n) is 12.3. The summed E-state index contributed by atoms with van der Waals surface area (Å²) < 4.78 is 27.2. The molecule has 3 rings (SSSR count). The summed E-state index contributed by atoms with van der Waals surface area (Å²) in [7, 11) is -3.53. The van der Waals surface area contributed by atoms with Gasteiger partial charge in [-0.15, -0.1) is 0 Å². The molecule has 116 valence electrons. The van der Waals surface area contributed by atoms with E-state index in [-0.39, 0.29) is 6.04 Å². The molecule has 2 N–H and O–H groups in total. The average molecular weight is 318 g/mol. The van der Waals surface area contributed by atoms with Gasteiger partial charge in [-0.3, -0.25) is 0 Å². The third kappa shape index (κ3) is 2.69. The fourth-order valence-corrected chi connectivity index (χ4v) is 4.53. The number of hydrogen-bond acceptors (Lipinski definition) is 5. The zero-order chi connectivity index (χ0) is 15.7. The molecule has 1 aromatic heterocycles. The van der Waals surface area contributed by atoms with Crippen LogP contribution < -0.4 is 5.73 Å². The predicted molar refractivity (Wildman–Crippen MR) is 83.5 cm³/mol. The minimum absolute atomic E-state index is 0.283. The molecule has 0 radical (unpaired) electrons. The number of nitrogen functional groups attached to an aromatic ring is 1. The lowest BCUT2D eigenvalue weighted by Crippen LogP contribution is -2.31. The first-order valence-electron chi connectivity index (χ1n) is 7.16. The quantitative estimate of drug-likeness (QED) is 0.933. The maximum Gasteiger partial charge on any atom is 0.243 e.